The van der Waals surface area contributed by atoms with Gasteiger partial charge in [-0.25, -0.2) is 8.42 Å². The standard InChI is InChI=1S/C22H28N2O3S/c1-3-7-23-28(26,27)20-6-4-5-19(11-20)21(25)24-15(2)22-12-16-8-17(13-22)10-18(9-16)14-22/h1,4-6,11,15-18,23H,7-10,12-14H2,2H3,(H,24,25)/t15-,16?,17?,18?,22?/m0/s1. The average Bonchev–Trinajstić information content (AvgIpc) is 2.65. The van der Waals surface area contributed by atoms with Crippen molar-refractivity contribution in [3.8, 4) is 12.3 Å². The monoisotopic (exact) mass is 400 g/mol. The van der Waals surface area contributed by atoms with E-state index < -0.39 is 10.0 Å². The van der Waals surface area contributed by atoms with Gasteiger partial charge in [-0.1, -0.05) is 12.0 Å². The van der Waals surface area contributed by atoms with Gasteiger partial charge in [-0.05, 0) is 86.8 Å². The molecule has 4 bridgehead atoms. The molecule has 4 fully saturated rings. The molecule has 0 heterocycles. The largest absolute Gasteiger partial charge is 0.349 e. The van der Waals surface area contributed by atoms with Gasteiger partial charge >= 0.3 is 0 Å². The summed E-state index contributed by atoms with van der Waals surface area (Å²) in [4.78, 5) is 12.9. The lowest BCUT2D eigenvalue weighted by molar-refractivity contribution is -0.0688. The highest BCUT2D eigenvalue weighted by atomic mass is 32.2. The second kappa shape index (κ2) is 7.20. The Morgan fingerprint density at radius 3 is 2.39 bits per heavy atom. The number of carbonyl (C=O) groups excluding carboxylic acids is 1. The van der Waals surface area contributed by atoms with Crippen molar-refractivity contribution in [1.82, 2.24) is 10.0 Å². The number of hydrogen-bond donors (Lipinski definition) is 2. The number of carbonyl (C=O) groups is 1. The normalized spacial score (nSPS) is 31.9. The van der Waals surface area contributed by atoms with Gasteiger partial charge in [-0.15, -0.1) is 6.42 Å². The van der Waals surface area contributed by atoms with Crippen molar-refractivity contribution >= 4 is 15.9 Å². The average molecular weight is 401 g/mol. The Morgan fingerprint density at radius 2 is 1.82 bits per heavy atom. The van der Waals surface area contributed by atoms with Crippen molar-refractivity contribution in [1.29, 1.82) is 0 Å². The Hall–Kier alpha value is -1.84. The zero-order chi connectivity index (χ0) is 19.9. The van der Waals surface area contributed by atoms with Crippen molar-refractivity contribution < 1.29 is 13.2 Å². The van der Waals surface area contributed by atoms with E-state index in [2.05, 4.69) is 22.9 Å². The first-order valence-corrected chi connectivity index (χ1v) is 11.6. The highest BCUT2D eigenvalue weighted by Crippen LogP contribution is 2.61. The van der Waals surface area contributed by atoms with E-state index >= 15 is 0 Å². The van der Waals surface area contributed by atoms with Gasteiger partial charge in [0.2, 0.25) is 10.0 Å². The summed E-state index contributed by atoms with van der Waals surface area (Å²) in [6, 6.07) is 6.23. The fraction of sp³-hybridized carbons (Fsp3) is 0.591. The summed E-state index contributed by atoms with van der Waals surface area (Å²) in [6.45, 7) is 2.04. The molecule has 5 rings (SSSR count). The lowest BCUT2D eigenvalue weighted by atomic mass is 9.48. The second-order valence-electron chi connectivity index (χ2n) is 9.03. The molecule has 1 aromatic carbocycles. The van der Waals surface area contributed by atoms with Gasteiger partial charge in [0.05, 0.1) is 11.4 Å². The highest BCUT2D eigenvalue weighted by molar-refractivity contribution is 7.89. The van der Waals surface area contributed by atoms with Gasteiger partial charge in [0, 0.05) is 11.6 Å². The lowest BCUT2D eigenvalue weighted by Crippen LogP contribution is -2.55. The molecule has 2 N–H and O–H groups in total. The van der Waals surface area contributed by atoms with Crippen molar-refractivity contribution in [2.45, 2.75) is 56.4 Å². The molecular weight excluding hydrogens is 372 g/mol. The number of nitrogens with one attached hydrogen (secondary N) is 2. The summed E-state index contributed by atoms with van der Waals surface area (Å²) in [5.74, 6) is 4.50. The second-order valence-corrected chi connectivity index (χ2v) is 10.8. The van der Waals surface area contributed by atoms with Crippen LogP contribution in [0.2, 0.25) is 0 Å². The van der Waals surface area contributed by atoms with Crippen LogP contribution in [0.3, 0.4) is 0 Å². The molecule has 1 atom stereocenters. The Morgan fingerprint density at radius 1 is 1.21 bits per heavy atom. The van der Waals surface area contributed by atoms with Gasteiger partial charge < -0.3 is 5.32 Å². The van der Waals surface area contributed by atoms with E-state index in [0.717, 1.165) is 17.8 Å². The first-order valence-electron chi connectivity index (χ1n) is 10.2. The van der Waals surface area contributed by atoms with Gasteiger partial charge in [0.25, 0.3) is 5.91 Å². The molecule has 5 nitrogen and oxygen atoms in total. The zero-order valence-electron chi connectivity index (χ0n) is 16.3. The molecule has 4 saturated carbocycles. The van der Waals surface area contributed by atoms with Crippen molar-refractivity contribution in [3.63, 3.8) is 0 Å². The summed E-state index contributed by atoms with van der Waals surface area (Å²) >= 11 is 0. The predicted octanol–water partition coefficient (Wildman–Crippen LogP) is 2.93. The maximum Gasteiger partial charge on any atom is 0.251 e. The first kappa shape index (κ1) is 19.5. The third-order valence-electron chi connectivity index (χ3n) is 7.12. The van der Waals surface area contributed by atoms with E-state index in [4.69, 9.17) is 6.42 Å². The van der Waals surface area contributed by atoms with Gasteiger partial charge in [-0.3, -0.25) is 4.79 Å². The maximum atomic E-state index is 12.9. The van der Waals surface area contributed by atoms with Crippen LogP contribution in [0, 0.1) is 35.5 Å². The molecule has 0 radical (unpaired) electrons. The summed E-state index contributed by atoms with van der Waals surface area (Å²) in [6.07, 6.45) is 12.9. The minimum absolute atomic E-state index is 0.0536. The van der Waals surface area contributed by atoms with Crippen LogP contribution in [-0.2, 0) is 10.0 Å². The lowest BCUT2D eigenvalue weighted by Gasteiger charge is -2.59. The van der Waals surface area contributed by atoms with Gasteiger partial charge in [0.1, 0.15) is 0 Å². The summed E-state index contributed by atoms with van der Waals surface area (Å²) in [7, 11) is -3.72. The third-order valence-corrected chi connectivity index (χ3v) is 8.52. The summed E-state index contributed by atoms with van der Waals surface area (Å²) in [5.41, 5.74) is 0.572. The number of terminal acetylenes is 1. The first-order chi connectivity index (χ1) is 13.3. The third kappa shape index (κ3) is 3.58. The van der Waals surface area contributed by atoms with E-state index in [9.17, 15) is 13.2 Å². The van der Waals surface area contributed by atoms with Crippen LogP contribution in [0.15, 0.2) is 29.2 Å². The van der Waals surface area contributed by atoms with E-state index in [1.807, 2.05) is 0 Å². The molecule has 6 heteroatoms. The van der Waals surface area contributed by atoms with Crippen LogP contribution < -0.4 is 10.0 Å². The molecule has 0 aliphatic heterocycles. The molecule has 4 aliphatic rings. The smallest absolute Gasteiger partial charge is 0.251 e. The fourth-order valence-corrected chi connectivity index (χ4v) is 7.15. The van der Waals surface area contributed by atoms with E-state index in [1.165, 1.54) is 50.7 Å². The van der Waals surface area contributed by atoms with Crippen molar-refractivity contribution in [2.75, 3.05) is 6.54 Å². The predicted molar refractivity (Wildman–Crippen MR) is 108 cm³/mol. The van der Waals surface area contributed by atoms with E-state index in [0.29, 0.717) is 5.56 Å². The van der Waals surface area contributed by atoms with Crippen LogP contribution in [0.1, 0.15) is 55.8 Å². The number of benzene rings is 1. The molecule has 4 aliphatic carbocycles. The number of amides is 1. The van der Waals surface area contributed by atoms with Crippen LogP contribution in [-0.4, -0.2) is 26.9 Å². The van der Waals surface area contributed by atoms with Crippen LogP contribution >= 0.6 is 0 Å². The molecule has 0 aromatic heterocycles. The van der Waals surface area contributed by atoms with Gasteiger partial charge in [0.15, 0.2) is 0 Å². The van der Waals surface area contributed by atoms with Gasteiger partial charge in [-0.2, -0.15) is 4.72 Å². The minimum atomic E-state index is -3.72. The van der Waals surface area contributed by atoms with Crippen LogP contribution in [0.5, 0.6) is 0 Å². The highest BCUT2D eigenvalue weighted by Gasteiger charge is 2.53. The van der Waals surface area contributed by atoms with E-state index in [-0.39, 0.29) is 28.8 Å². The summed E-state index contributed by atoms with van der Waals surface area (Å²) < 4.78 is 26.9. The molecule has 0 spiro atoms. The molecule has 28 heavy (non-hydrogen) atoms. The molecule has 0 saturated heterocycles. The molecule has 0 unspecified atom stereocenters. The Kier molecular flexibility index (Phi) is 5.01. The number of sulfonamides is 1. The molecule has 150 valence electrons. The Bertz CT molecular complexity index is 881. The van der Waals surface area contributed by atoms with Crippen LogP contribution in [0.25, 0.3) is 0 Å². The Balaban J connectivity index is 1.48. The molecule has 1 amide bonds. The molecular formula is C22H28N2O3S. The van der Waals surface area contributed by atoms with Crippen LogP contribution in [0.4, 0.5) is 0 Å². The van der Waals surface area contributed by atoms with Crippen molar-refractivity contribution in [3.05, 3.63) is 29.8 Å². The Labute approximate surface area is 167 Å². The minimum Gasteiger partial charge on any atom is -0.349 e. The van der Waals surface area contributed by atoms with Crippen molar-refractivity contribution in [2.24, 2.45) is 23.2 Å². The van der Waals surface area contributed by atoms with E-state index in [1.54, 1.807) is 12.1 Å². The fourth-order valence-electron chi connectivity index (χ4n) is 6.17. The number of hydrogen-bond acceptors (Lipinski definition) is 3. The number of rotatable bonds is 6. The summed E-state index contributed by atoms with van der Waals surface area (Å²) in [5, 5.41) is 3.19. The quantitative estimate of drug-likeness (QED) is 0.721. The SMILES string of the molecule is C#CCNS(=O)(=O)c1cccc(C(=O)N[C@@H](C)C23CC4CC(CC(C4)C2)C3)c1. The maximum absolute atomic E-state index is 12.9. The zero-order valence-corrected chi connectivity index (χ0v) is 17.1. The molecule has 1 aromatic rings. The topological polar surface area (TPSA) is 75.3 Å².